The Morgan fingerprint density at radius 3 is 2.55 bits per heavy atom. The van der Waals surface area contributed by atoms with E-state index >= 15 is 0 Å². The zero-order valence-electron chi connectivity index (χ0n) is 12.2. The predicted molar refractivity (Wildman–Crippen MR) is 91.2 cm³/mol. The van der Waals surface area contributed by atoms with Crippen molar-refractivity contribution in [1.29, 1.82) is 0 Å². The first-order chi connectivity index (χ1) is 9.60. The van der Waals surface area contributed by atoms with E-state index in [0.717, 1.165) is 28.9 Å². The Kier molecular flexibility index (Phi) is 5.75. The normalized spacial score (nSPS) is 11.2. The molecule has 2 rings (SSSR count). The minimum Gasteiger partial charge on any atom is -0.310 e. The molecule has 2 aromatic rings. The minimum atomic E-state index is 0.503. The van der Waals surface area contributed by atoms with Crippen LogP contribution in [0.1, 0.15) is 37.8 Å². The summed E-state index contributed by atoms with van der Waals surface area (Å²) in [5.74, 6) is 0. The van der Waals surface area contributed by atoms with Crippen LogP contribution in [0.15, 0.2) is 28.7 Å². The van der Waals surface area contributed by atoms with Gasteiger partial charge in [-0.3, -0.25) is 0 Å². The van der Waals surface area contributed by atoms with E-state index in [2.05, 4.69) is 66.3 Å². The fourth-order valence-electron chi connectivity index (χ4n) is 1.97. The second kappa shape index (κ2) is 7.34. The van der Waals surface area contributed by atoms with Gasteiger partial charge in [-0.2, -0.15) is 0 Å². The molecule has 1 aromatic carbocycles. The van der Waals surface area contributed by atoms with Crippen molar-refractivity contribution in [1.82, 2.24) is 10.3 Å². The van der Waals surface area contributed by atoms with Gasteiger partial charge in [-0.1, -0.05) is 55.3 Å². The van der Waals surface area contributed by atoms with E-state index in [1.807, 2.05) is 11.3 Å². The summed E-state index contributed by atoms with van der Waals surface area (Å²) in [5, 5.41) is 4.62. The molecule has 0 aliphatic rings. The summed E-state index contributed by atoms with van der Waals surface area (Å²) in [5.41, 5.74) is 2.45. The number of hydrogen-bond acceptors (Lipinski definition) is 3. The Labute approximate surface area is 133 Å². The second-order valence-corrected chi connectivity index (χ2v) is 7.18. The zero-order chi connectivity index (χ0) is 14.5. The number of thiazole rings is 1. The van der Waals surface area contributed by atoms with Gasteiger partial charge in [0, 0.05) is 27.5 Å². The fourth-order valence-corrected chi connectivity index (χ4v) is 3.29. The highest BCUT2D eigenvalue weighted by atomic mass is 79.9. The smallest absolute Gasteiger partial charge is 0.123 e. The number of aromatic nitrogens is 1. The van der Waals surface area contributed by atoms with Gasteiger partial charge in [-0.25, -0.2) is 4.98 Å². The van der Waals surface area contributed by atoms with Crippen molar-refractivity contribution in [2.24, 2.45) is 0 Å². The van der Waals surface area contributed by atoms with E-state index < -0.39 is 0 Å². The van der Waals surface area contributed by atoms with E-state index in [9.17, 15) is 0 Å². The molecule has 0 radical (unpaired) electrons. The first-order valence-corrected chi connectivity index (χ1v) is 8.69. The quantitative estimate of drug-likeness (QED) is 0.788. The number of benzene rings is 1. The highest BCUT2D eigenvalue weighted by Gasteiger charge is 2.12. The zero-order valence-corrected chi connectivity index (χ0v) is 14.6. The van der Waals surface area contributed by atoms with Gasteiger partial charge < -0.3 is 5.32 Å². The third-order valence-corrected chi connectivity index (χ3v) is 4.70. The molecule has 20 heavy (non-hydrogen) atoms. The maximum Gasteiger partial charge on any atom is 0.123 e. The Morgan fingerprint density at radius 2 is 1.95 bits per heavy atom. The van der Waals surface area contributed by atoms with Crippen molar-refractivity contribution in [2.75, 3.05) is 0 Å². The van der Waals surface area contributed by atoms with Crippen molar-refractivity contribution in [3.63, 3.8) is 0 Å². The molecule has 1 aromatic heterocycles. The Bertz CT molecular complexity index is 546. The molecular weight excluding hydrogens is 332 g/mol. The van der Waals surface area contributed by atoms with Crippen molar-refractivity contribution in [2.45, 2.75) is 46.2 Å². The maximum atomic E-state index is 4.84. The predicted octanol–water partition coefficient (Wildman–Crippen LogP) is 5.02. The summed E-state index contributed by atoms with van der Waals surface area (Å²) >= 11 is 5.29. The molecule has 1 heterocycles. The Hall–Kier alpha value is -0.710. The number of halogens is 1. The van der Waals surface area contributed by atoms with Crippen LogP contribution < -0.4 is 5.32 Å². The third-order valence-electron chi connectivity index (χ3n) is 3.03. The summed E-state index contributed by atoms with van der Waals surface area (Å²) < 4.78 is 1.10. The van der Waals surface area contributed by atoms with Crippen molar-refractivity contribution >= 4 is 27.3 Å². The molecule has 0 aliphatic heterocycles. The lowest BCUT2D eigenvalue weighted by molar-refractivity contribution is 0.589. The van der Waals surface area contributed by atoms with E-state index in [1.54, 1.807) is 0 Å². The van der Waals surface area contributed by atoms with Gasteiger partial charge in [0.25, 0.3) is 0 Å². The summed E-state index contributed by atoms with van der Waals surface area (Å²) in [6, 6.07) is 8.89. The fraction of sp³-hybridized carbons (Fsp3) is 0.438. The van der Waals surface area contributed by atoms with Crippen LogP contribution in [0.5, 0.6) is 0 Å². The molecule has 0 aliphatic carbocycles. The van der Waals surface area contributed by atoms with E-state index in [0.29, 0.717) is 6.04 Å². The standard InChI is InChI=1S/C16H21BrN2S/c1-4-5-14-15(10-18-11(2)3)20-16(19-14)12-6-8-13(17)9-7-12/h6-9,11,18H,4-5,10H2,1-3H3. The number of aryl methyl sites for hydroxylation is 1. The molecule has 1 N–H and O–H groups in total. The van der Waals surface area contributed by atoms with E-state index in [1.165, 1.54) is 16.1 Å². The van der Waals surface area contributed by atoms with Crippen LogP contribution in [-0.4, -0.2) is 11.0 Å². The Balaban J connectivity index is 2.25. The van der Waals surface area contributed by atoms with Gasteiger partial charge in [-0.15, -0.1) is 11.3 Å². The lowest BCUT2D eigenvalue weighted by atomic mass is 10.2. The van der Waals surface area contributed by atoms with Crippen LogP contribution in [0.25, 0.3) is 10.6 Å². The molecule has 0 amide bonds. The largest absolute Gasteiger partial charge is 0.310 e. The van der Waals surface area contributed by atoms with Crippen LogP contribution in [0.2, 0.25) is 0 Å². The number of rotatable bonds is 6. The number of nitrogens with one attached hydrogen (secondary N) is 1. The Morgan fingerprint density at radius 1 is 1.25 bits per heavy atom. The van der Waals surface area contributed by atoms with Crippen LogP contribution in [0.4, 0.5) is 0 Å². The topological polar surface area (TPSA) is 24.9 Å². The third kappa shape index (κ3) is 4.14. The van der Waals surface area contributed by atoms with Crippen molar-refractivity contribution in [3.8, 4) is 10.6 Å². The minimum absolute atomic E-state index is 0.503. The molecule has 0 fully saturated rings. The number of hydrogen-bond donors (Lipinski definition) is 1. The summed E-state index contributed by atoms with van der Waals surface area (Å²) in [4.78, 5) is 6.21. The van der Waals surface area contributed by atoms with E-state index in [4.69, 9.17) is 4.98 Å². The van der Waals surface area contributed by atoms with Gasteiger partial charge in [0.1, 0.15) is 5.01 Å². The molecule has 0 atom stereocenters. The first-order valence-electron chi connectivity index (χ1n) is 7.08. The lowest BCUT2D eigenvalue weighted by Gasteiger charge is -2.07. The molecule has 0 unspecified atom stereocenters. The monoisotopic (exact) mass is 352 g/mol. The second-order valence-electron chi connectivity index (χ2n) is 5.18. The molecule has 2 nitrogen and oxygen atoms in total. The molecule has 4 heteroatoms. The molecular formula is C16H21BrN2S. The first kappa shape index (κ1) is 15.7. The average molecular weight is 353 g/mol. The lowest BCUT2D eigenvalue weighted by Crippen LogP contribution is -2.21. The average Bonchev–Trinajstić information content (AvgIpc) is 2.81. The van der Waals surface area contributed by atoms with E-state index in [-0.39, 0.29) is 0 Å². The van der Waals surface area contributed by atoms with Crippen LogP contribution >= 0.6 is 27.3 Å². The van der Waals surface area contributed by atoms with Gasteiger partial charge in [0.15, 0.2) is 0 Å². The van der Waals surface area contributed by atoms with Gasteiger partial charge in [0.05, 0.1) is 5.69 Å². The van der Waals surface area contributed by atoms with Crippen molar-refractivity contribution < 1.29 is 0 Å². The summed E-state index contributed by atoms with van der Waals surface area (Å²) in [7, 11) is 0. The van der Waals surface area contributed by atoms with Gasteiger partial charge >= 0.3 is 0 Å². The van der Waals surface area contributed by atoms with Crippen molar-refractivity contribution in [3.05, 3.63) is 39.3 Å². The highest BCUT2D eigenvalue weighted by Crippen LogP contribution is 2.29. The van der Waals surface area contributed by atoms with Crippen LogP contribution in [0, 0.1) is 0 Å². The molecule has 0 spiro atoms. The summed E-state index contributed by atoms with van der Waals surface area (Å²) in [6.07, 6.45) is 2.19. The SMILES string of the molecule is CCCc1nc(-c2ccc(Br)cc2)sc1CNC(C)C. The molecule has 0 saturated carbocycles. The highest BCUT2D eigenvalue weighted by molar-refractivity contribution is 9.10. The van der Waals surface area contributed by atoms with Gasteiger partial charge in [-0.05, 0) is 18.6 Å². The van der Waals surface area contributed by atoms with Crippen LogP contribution in [-0.2, 0) is 13.0 Å². The van der Waals surface area contributed by atoms with Gasteiger partial charge in [0.2, 0.25) is 0 Å². The number of nitrogens with zero attached hydrogens (tertiary/aromatic N) is 1. The summed E-state index contributed by atoms with van der Waals surface area (Å²) in [6.45, 7) is 7.48. The molecule has 0 bridgehead atoms. The van der Waals surface area contributed by atoms with Crippen LogP contribution in [0.3, 0.4) is 0 Å². The molecule has 108 valence electrons. The maximum absolute atomic E-state index is 4.84. The molecule has 0 saturated heterocycles.